The van der Waals surface area contributed by atoms with Crippen LogP contribution in [0.3, 0.4) is 0 Å². The molecule has 4 heteroatoms. The Hall–Kier alpha value is -1.71. The first-order valence-corrected chi connectivity index (χ1v) is 5.79. The number of amides is 1. The summed E-state index contributed by atoms with van der Waals surface area (Å²) in [5, 5.41) is 2.12. The van der Waals surface area contributed by atoms with Gasteiger partial charge in [0, 0.05) is 33.9 Å². The highest BCUT2D eigenvalue weighted by molar-refractivity contribution is 5.79. The molecule has 1 saturated heterocycles. The quantitative estimate of drug-likeness (QED) is 0.927. The molecule has 0 radical (unpaired) electrons. The molecule has 2 fully saturated rings. The molecule has 1 aliphatic carbocycles. The van der Waals surface area contributed by atoms with Crippen molar-refractivity contribution in [3.8, 4) is 11.5 Å². The van der Waals surface area contributed by atoms with Crippen molar-refractivity contribution in [2.75, 3.05) is 13.7 Å². The van der Waals surface area contributed by atoms with E-state index < -0.39 is 91.5 Å². The van der Waals surface area contributed by atoms with E-state index in [0.717, 1.165) is 7.11 Å². The topological polar surface area (TPSA) is 47.6 Å². The predicted octanol–water partition coefficient (Wildman–Crippen LogP) is 2.62. The van der Waals surface area contributed by atoms with Crippen molar-refractivity contribution in [1.29, 1.82) is 0 Å². The van der Waals surface area contributed by atoms with Crippen molar-refractivity contribution in [3.05, 3.63) is 23.7 Å². The summed E-state index contributed by atoms with van der Waals surface area (Å²) in [5.74, 6) is -5.39. The Morgan fingerprint density at radius 3 is 2.85 bits per heavy atom. The number of rotatable bonds is 4. The van der Waals surface area contributed by atoms with Gasteiger partial charge >= 0.3 is 0 Å². The molecule has 4 nitrogen and oxygen atoms in total. The Kier molecular flexibility index (Phi) is 1.33. The summed E-state index contributed by atoms with van der Waals surface area (Å²) in [5.41, 5.74) is -0.790. The number of carbonyl (C=O) groups excluding carboxylic acids is 1. The second-order valence-corrected chi connectivity index (χ2v) is 3.94. The number of benzene rings is 1. The lowest BCUT2D eigenvalue weighted by Crippen LogP contribution is -2.14. The Labute approximate surface area is 139 Å². The highest BCUT2D eigenvalue weighted by atomic mass is 16.5. The largest absolute Gasteiger partial charge is 0.493 e. The molecule has 1 aromatic carbocycles. The summed E-state index contributed by atoms with van der Waals surface area (Å²) in [6, 6.07) is -2.67. The van der Waals surface area contributed by atoms with Gasteiger partial charge in [0.15, 0.2) is 11.5 Å². The molecule has 0 bridgehead atoms. The van der Waals surface area contributed by atoms with E-state index in [4.69, 9.17) is 28.7 Å². The number of carbonyl (C=O) groups is 1. The SMILES string of the molecule is [2H]c1c([2H])c(C2([2H])CNC(=O)C2([2H])[2H])c([2H])c(OC2C([2H])([2H])C([2H])([2H])C([2H])([2H])C2([2H])[2H])c1OC. The Morgan fingerprint density at radius 1 is 1.40 bits per heavy atom. The molecule has 1 N–H and O–H groups in total. The van der Waals surface area contributed by atoms with Crippen LogP contribution in [0, 0.1) is 0 Å². The van der Waals surface area contributed by atoms with Crippen molar-refractivity contribution < 1.29 is 33.5 Å². The minimum atomic E-state index is -3.40. The Morgan fingerprint density at radius 2 is 2.20 bits per heavy atom. The van der Waals surface area contributed by atoms with E-state index in [2.05, 4.69) is 5.32 Å². The van der Waals surface area contributed by atoms with Crippen LogP contribution in [-0.2, 0) is 4.79 Å². The van der Waals surface area contributed by atoms with Crippen LogP contribution in [0.4, 0.5) is 0 Å². The predicted molar refractivity (Wildman–Crippen MR) is 76.2 cm³/mol. The van der Waals surface area contributed by atoms with E-state index in [0.29, 0.717) is 0 Å². The number of hydrogen-bond acceptors (Lipinski definition) is 3. The molecular formula is C16H21NO3. The van der Waals surface area contributed by atoms with Gasteiger partial charge in [-0.3, -0.25) is 4.79 Å². The van der Waals surface area contributed by atoms with Gasteiger partial charge in [-0.1, -0.05) is 6.04 Å². The average Bonchev–Trinajstić information content (AvgIpc) is 2.94. The average molecular weight is 289 g/mol. The second kappa shape index (κ2) is 5.73. The molecule has 1 amide bonds. The van der Waals surface area contributed by atoms with Gasteiger partial charge in [-0.05, 0) is 43.1 Å². The van der Waals surface area contributed by atoms with Crippen LogP contribution in [0.25, 0.3) is 0 Å². The van der Waals surface area contributed by atoms with Gasteiger partial charge < -0.3 is 14.8 Å². The highest BCUT2D eigenvalue weighted by Crippen LogP contribution is 2.35. The standard InChI is InChI=1S/C16H21NO3/c1-19-14-7-6-11(12-9-16(18)17-10-12)8-15(14)20-13-4-2-3-5-13/h6-8,12-13H,2-5,9-10H2,1H3,(H,17,18)/i2D2,3D2,4D2,5D2,6D,7D,8D,9D2,12D. The summed E-state index contributed by atoms with van der Waals surface area (Å²) in [6.45, 7) is -0.683. The number of hydrogen-bond donors (Lipinski definition) is 1. The molecule has 108 valence electrons. The molecule has 1 unspecified atom stereocenters. The van der Waals surface area contributed by atoms with Crippen molar-refractivity contribution >= 4 is 5.91 Å². The molecule has 1 saturated carbocycles. The van der Waals surface area contributed by atoms with Crippen LogP contribution in [0.2, 0.25) is 0 Å². The van der Waals surface area contributed by atoms with Gasteiger partial charge in [-0.15, -0.1) is 0 Å². The molecule has 2 aliphatic rings. The molecule has 1 atom stereocenters. The summed E-state index contributed by atoms with van der Waals surface area (Å²) in [6.07, 6.45) is -18.9. The van der Waals surface area contributed by atoms with Crippen LogP contribution in [0.1, 0.15) is 62.5 Å². The van der Waals surface area contributed by atoms with Gasteiger partial charge in [-0.25, -0.2) is 0 Å². The minimum Gasteiger partial charge on any atom is -0.493 e. The summed E-state index contributed by atoms with van der Waals surface area (Å²) >= 11 is 0. The fraction of sp³-hybridized carbons (Fsp3) is 0.562. The highest BCUT2D eigenvalue weighted by Gasteiger charge is 2.25. The van der Waals surface area contributed by atoms with Crippen LogP contribution in [0.5, 0.6) is 11.5 Å². The van der Waals surface area contributed by atoms with Crippen LogP contribution >= 0.6 is 0 Å². The molecule has 3 rings (SSSR count). The third kappa shape index (κ3) is 2.74. The number of ether oxygens (including phenoxy) is 2. The molecule has 1 aromatic rings. The molecule has 20 heavy (non-hydrogen) atoms. The first kappa shape index (κ1) is 4.65. The third-order valence-corrected chi connectivity index (χ3v) is 2.65. The minimum absolute atomic E-state index is 0.681. The van der Waals surface area contributed by atoms with Crippen molar-refractivity contribution in [2.24, 2.45) is 0 Å². The van der Waals surface area contributed by atoms with E-state index in [9.17, 15) is 4.79 Å². The van der Waals surface area contributed by atoms with E-state index >= 15 is 0 Å². The molecule has 0 spiro atoms. The van der Waals surface area contributed by atoms with E-state index in [1.807, 2.05) is 0 Å². The zero-order chi connectivity index (χ0) is 26.4. The smallest absolute Gasteiger partial charge is 0.220 e. The molecular weight excluding hydrogens is 254 g/mol. The zero-order valence-electron chi connectivity index (χ0n) is 24.5. The lowest BCUT2D eigenvalue weighted by Gasteiger charge is -2.18. The fourth-order valence-corrected chi connectivity index (χ4v) is 1.72. The zero-order valence-corrected chi connectivity index (χ0v) is 10.5. The number of methoxy groups -OCH3 is 1. The normalized spacial score (nSPS) is 49.4. The first-order chi connectivity index (χ1) is 15.2. The van der Waals surface area contributed by atoms with Gasteiger partial charge in [-0.2, -0.15) is 0 Å². The van der Waals surface area contributed by atoms with Gasteiger partial charge in [0.25, 0.3) is 0 Å². The molecule has 0 aromatic heterocycles. The van der Waals surface area contributed by atoms with Crippen molar-refractivity contribution in [3.63, 3.8) is 0 Å². The van der Waals surface area contributed by atoms with E-state index in [1.165, 1.54) is 0 Å². The van der Waals surface area contributed by atoms with E-state index in [1.54, 1.807) is 0 Å². The lowest BCUT2D eigenvalue weighted by molar-refractivity contribution is -0.119. The van der Waals surface area contributed by atoms with Crippen LogP contribution in [-0.4, -0.2) is 25.7 Å². The van der Waals surface area contributed by atoms with E-state index in [-0.39, 0.29) is 0 Å². The maximum absolute atomic E-state index is 12.0. The van der Waals surface area contributed by atoms with Crippen LogP contribution < -0.4 is 14.8 Å². The first-order valence-electron chi connectivity index (χ1n) is 12.8. The maximum Gasteiger partial charge on any atom is 0.220 e. The van der Waals surface area contributed by atoms with Gasteiger partial charge in [0.2, 0.25) is 5.91 Å². The summed E-state index contributed by atoms with van der Waals surface area (Å²) in [7, 11) is 0.992. The maximum atomic E-state index is 12.0. The van der Waals surface area contributed by atoms with Crippen molar-refractivity contribution in [1.82, 2.24) is 5.32 Å². The lowest BCUT2D eigenvalue weighted by atomic mass is 9.98. The molecule has 1 heterocycles. The van der Waals surface area contributed by atoms with Crippen molar-refractivity contribution in [2.45, 2.75) is 43.9 Å². The van der Waals surface area contributed by atoms with Gasteiger partial charge in [0.05, 0.1) is 17.3 Å². The fourth-order valence-electron chi connectivity index (χ4n) is 1.72. The summed E-state index contributed by atoms with van der Waals surface area (Å²) < 4.78 is 124. The number of nitrogens with one attached hydrogen (secondary N) is 1. The monoisotopic (exact) mass is 289 g/mol. The Balaban J connectivity index is 2.30. The molecule has 1 aliphatic heterocycles. The Bertz CT molecular complexity index is 1030. The third-order valence-electron chi connectivity index (χ3n) is 2.65. The van der Waals surface area contributed by atoms with Crippen LogP contribution in [0.15, 0.2) is 18.1 Å². The van der Waals surface area contributed by atoms with Gasteiger partial charge in [0.1, 0.15) is 0 Å². The summed E-state index contributed by atoms with van der Waals surface area (Å²) in [4.78, 5) is 12.0. The second-order valence-electron chi connectivity index (χ2n) is 3.94.